The number of benzene rings is 2. The van der Waals surface area contributed by atoms with Crippen molar-refractivity contribution in [1.29, 1.82) is 0 Å². The van der Waals surface area contributed by atoms with Crippen LogP contribution in [0, 0.1) is 0 Å². The Morgan fingerprint density at radius 1 is 0.926 bits per heavy atom. The predicted octanol–water partition coefficient (Wildman–Crippen LogP) is 3.83. The van der Waals surface area contributed by atoms with Crippen LogP contribution in [0.4, 0.5) is 9.18 Å². The summed E-state index contributed by atoms with van der Waals surface area (Å²) >= 11 is 12.0. The molecule has 5 nitrogen and oxygen atoms in total. The van der Waals surface area contributed by atoms with Crippen molar-refractivity contribution in [2.45, 2.75) is 17.5 Å². The fraction of sp³-hybridized carbons (Fsp3) is 0.263. The Labute approximate surface area is 165 Å². The van der Waals surface area contributed by atoms with Crippen LogP contribution in [0.5, 0.6) is 0 Å². The van der Waals surface area contributed by atoms with Crippen LogP contribution in [0.1, 0.15) is 11.1 Å². The zero-order chi connectivity index (χ0) is 19.6. The summed E-state index contributed by atoms with van der Waals surface area (Å²) < 4.78 is 22.5. The fourth-order valence-electron chi connectivity index (χ4n) is 3.81. The first-order valence-electron chi connectivity index (χ1n) is 8.17. The maximum Gasteiger partial charge on any atom is 0.328 e. The lowest BCUT2D eigenvalue weighted by molar-refractivity contribution is -0.338. The van der Waals surface area contributed by atoms with Crippen LogP contribution >= 0.6 is 23.2 Å². The van der Waals surface area contributed by atoms with E-state index in [0.717, 1.165) is 9.80 Å². The summed E-state index contributed by atoms with van der Waals surface area (Å²) in [5.41, 5.74) is -3.41. The molecule has 0 saturated carbocycles. The molecule has 0 aromatic heterocycles. The third kappa shape index (κ3) is 2.21. The molecule has 0 N–H and O–H groups in total. The number of halogens is 3. The molecule has 140 valence electrons. The van der Waals surface area contributed by atoms with E-state index in [4.69, 9.17) is 27.9 Å². The minimum Gasteiger partial charge on any atom is -0.334 e. The lowest BCUT2D eigenvalue weighted by Gasteiger charge is -2.62. The molecule has 0 radical (unpaired) electrons. The molecule has 0 aliphatic carbocycles. The SMILES string of the molecule is CN1C(=O)N(C)C2OC(c3ccc(Cl)cc3)(c3ccc(Cl)cc3)C2(F)C1=O. The zero-order valence-electron chi connectivity index (χ0n) is 14.4. The number of carbonyl (C=O) groups is 2. The molecule has 2 saturated heterocycles. The highest BCUT2D eigenvalue weighted by atomic mass is 35.5. The smallest absolute Gasteiger partial charge is 0.328 e. The van der Waals surface area contributed by atoms with E-state index in [0.29, 0.717) is 21.2 Å². The first-order valence-corrected chi connectivity index (χ1v) is 8.93. The van der Waals surface area contributed by atoms with Crippen molar-refractivity contribution >= 4 is 35.1 Å². The normalized spacial score (nSPS) is 26.6. The highest BCUT2D eigenvalue weighted by Gasteiger charge is 2.79. The third-order valence-corrected chi connectivity index (χ3v) is 5.70. The monoisotopic (exact) mass is 408 g/mol. The van der Waals surface area contributed by atoms with Crippen molar-refractivity contribution in [2.75, 3.05) is 14.1 Å². The van der Waals surface area contributed by atoms with Gasteiger partial charge in [0.25, 0.3) is 11.6 Å². The molecular weight excluding hydrogens is 394 g/mol. The lowest BCUT2D eigenvalue weighted by atomic mass is 9.66. The third-order valence-electron chi connectivity index (χ3n) is 5.20. The molecule has 3 amide bonds. The van der Waals surface area contributed by atoms with E-state index < -0.39 is 29.4 Å². The van der Waals surface area contributed by atoms with Crippen LogP contribution in [-0.4, -0.2) is 47.7 Å². The van der Waals surface area contributed by atoms with Gasteiger partial charge in [0.15, 0.2) is 11.8 Å². The standard InChI is InChI=1S/C19H15Cl2FN2O3/c1-23-15(25)18(22)16(24(2)17(23)26)27-19(18,11-3-7-13(20)8-4-11)12-5-9-14(21)10-6-12/h3-10,16H,1-2H3. The van der Waals surface area contributed by atoms with Gasteiger partial charge in [-0.15, -0.1) is 0 Å². The number of urea groups is 1. The Morgan fingerprint density at radius 3 is 1.81 bits per heavy atom. The number of ether oxygens (including phenoxy) is 1. The van der Waals surface area contributed by atoms with Gasteiger partial charge in [-0.3, -0.25) is 14.6 Å². The molecule has 2 heterocycles. The number of hydrogen-bond donors (Lipinski definition) is 0. The minimum atomic E-state index is -2.51. The van der Waals surface area contributed by atoms with Crippen LogP contribution in [0.25, 0.3) is 0 Å². The van der Waals surface area contributed by atoms with Crippen LogP contribution in [-0.2, 0) is 15.1 Å². The quantitative estimate of drug-likeness (QED) is 0.758. The van der Waals surface area contributed by atoms with Crippen LogP contribution in [0.3, 0.4) is 0 Å². The summed E-state index contributed by atoms with van der Waals surface area (Å²) in [7, 11) is 2.66. The van der Waals surface area contributed by atoms with Crippen LogP contribution in [0.15, 0.2) is 48.5 Å². The van der Waals surface area contributed by atoms with Gasteiger partial charge >= 0.3 is 6.03 Å². The average molecular weight is 409 g/mol. The first-order chi connectivity index (χ1) is 12.7. The lowest BCUT2D eigenvalue weighted by Crippen LogP contribution is -2.83. The summed E-state index contributed by atoms with van der Waals surface area (Å²) in [6.07, 6.45) is -1.33. The van der Waals surface area contributed by atoms with E-state index in [1.54, 1.807) is 48.5 Å². The number of rotatable bonds is 2. The van der Waals surface area contributed by atoms with Crippen molar-refractivity contribution < 1.29 is 18.7 Å². The zero-order valence-corrected chi connectivity index (χ0v) is 16.0. The van der Waals surface area contributed by atoms with Gasteiger partial charge in [-0.1, -0.05) is 47.5 Å². The van der Waals surface area contributed by atoms with Gasteiger partial charge in [0.1, 0.15) is 0 Å². The Morgan fingerprint density at radius 2 is 1.37 bits per heavy atom. The van der Waals surface area contributed by atoms with Crippen molar-refractivity contribution in [3.63, 3.8) is 0 Å². The summed E-state index contributed by atoms with van der Waals surface area (Å²) in [4.78, 5) is 27.0. The van der Waals surface area contributed by atoms with Crippen LogP contribution in [0.2, 0.25) is 10.0 Å². The molecule has 0 bridgehead atoms. The van der Waals surface area contributed by atoms with Gasteiger partial charge in [0.05, 0.1) is 0 Å². The van der Waals surface area contributed by atoms with Gasteiger partial charge < -0.3 is 4.74 Å². The first kappa shape index (κ1) is 18.2. The minimum absolute atomic E-state index is 0.414. The highest BCUT2D eigenvalue weighted by molar-refractivity contribution is 6.30. The molecule has 0 spiro atoms. The number of imide groups is 1. The van der Waals surface area contributed by atoms with E-state index in [1.165, 1.54) is 14.1 Å². The Hall–Kier alpha value is -2.15. The fourth-order valence-corrected chi connectivity index (χ4v) is 4.06. The van der Waals surface area contributed by atoms with E-state index in [-0.39, 0.29) is 0 Å². The van der Waals surface area contributed by atoms with Crippen molar-refractivity contribution in [3.8, 4) is 0 Å². The molecule has 27 heavy (non-hydrogen) atoms. The molecule has 2 fully saturated rings. The second kappa shape index (κ2) is 5.92. The molecule has 2 aromatic carbocycles. The van der Waals surface area contributed by atoms with Crippen molar-refractivity contribution in [3.05, 3.63) is 69.7 Å². The summed E-state index contributed by atoms with van der Waals surface area (Å²) in [5, 5.41) is 0.932. The van der Waals surface area contributed by atoms with Crippen LogP contribution < -0.4 is 0 Å². The second-order valence-corrected chi connectivity index (χ2v) is 7.51. The van der Waals surface area contributed by atoms with Gasteiger partial charge in [-0.25, -0.2) is 9.18 Å². The van der Waals surface area contributed by atoms with Gasteiger partial charge in [0, 0.05) is 24.1 Å². The van der Waals surface area contributed by atoms with Gasteiger partial charge in [-0.2, -0.15) is 0 Å². The van der Waals surface area contributed by atoms with E-state index in [9.17, 15) is 9.59 Å². The molecular formula is C19H15Cl2FN2O3. The number of fused-ring (bicyclic) bond motifs is 1. The predicted molar refractivity (Wildman–Crippen MR) is 98.3 cm³/mol. The van der Waals surface area contributed by atoms with Gasteiger partial charge in [-0.05, 0) is 35.4 Å². The molecule has 4 rings (SSSR count). The van der Waals surface area contributed by atoms with Crippen molar-refractivity contribution in [1.82, 2.24) is 9.80 Å². The summed E-state index contributed by atoms with van der Waals surface area (Å²) in [6.45, 7) is 0. The van der Waals surface area contributed by atoms with E-state index in [1.807, 2.05) is 0 Å². The molecule has 2 atom stereocenters. The molecule has 8 heteroatoms. The number of nitrogens with zero attached hydrogens (tertiary/aromatic N) is 2. The molecule has 2 aliphatic heterocycles. The van der Waals surface area contributed by atoms with Gasteiger partial charge in [0.2, 0.25) is 0 Å². The summed E-state index contributed by atoms with van der Waals surface area (Å²) in [6, 6.07) is 12.2. The maximum atomic E-state index is 16.5. The molecule has 2 unspecified atom stereocenters. The average Bonchev–Trinajstić information content (AvgIpc) is 2.66. The Kier molecular flexibility index (Phi) is 4.00. The molecule has 2 aliphatic rings. The largest absolute Gasteiger partial charge is 0.334 e. The van der Waals surface area contributed by atoms with E-state index in [2.05, 4.69) is 0 Å². The number of hydrogen-bond acceptors (Lipinski definition) is 3. The maximum absolute atomic E-state index is 16.5. The number of carbonyl (C=O) groups excluding carboxylic acids is 2. The topological polar surface area (TPSA) is 49.9 Å². The Bertz CT molecular complexity index is 889. The number of alkyl halides is 1. The Balaban J connectivity index is 1.95. The highest BCUT2D eigenvalue weighted by Crippen LogP contribution is 2.59. The second-order valence-electron chi connectivity index (χ2n) is 6.63. The summed E-state index contributed by atoms with van der Waals surface area (Å²) in [5.74, 6) is -0.952. The van der Waals surface area contributed by atoms with Crippen molar-refractivity contribution in [2.24, 2.45) is 0 Å². The number of amides is 3. The molecule has 2 aromatic rings. The van der Waals surface area contributed by atoms with E-state index >= 15 is 4.39 Å².